The highest BCUT2D eigenvalue weighted by atomic mass is 32.2. The molecule has 0 spiro atoms. The van der Waals surface area contributed by atoms with E-state index in [1.165, 1.54) is 6.07 Å². The van der Waals surface area contributed by atoms with Gasteiger partial charge in [0.1, 0.15) is 5.75 Å². The number of benzene rings is 2. The van der Waals surface area contributed by atoms with Gasteiger partial charge in [0.15, 0.2) is 5.82 Å². The number of aromatic hydroxyl groups is 1. The molecule has 0 bridgehead atoms. The lowest BCUT2D eigenvalue weighted by Gasteiger charge is -2.10. The lowest BCUT2D eigenvalue weighted by atomic mass is 10.2. The van der Waals surface area contributed by atoms with Crippen LogP contribution in [0.25, 0.3) is 11.4 Å². The van der Waals surface area contributed by atoms with Gasteiger partial charge in [0.05, 0.1) is 15.7 Å². The van der Waals surface area contributed by atoms with Crippen LogP contribution in [0, 0.1) is 17.0 Å². The predicted octanol–water partition coefficient (Wildman–Crippen LogP) is 3.51. The molecular weight excluding hydrogens is 382 g/mol. The smallest absolute Gasteiger partial charge is 0.274 e. The monoisotopic (exact) mass is 399 g/mol. The molecule has 144 valence electrons. The third-order valence-corrected chi connectivity index (χ3v) is 4.91. The molecule has 1 aromatic heterocycles. The lowest BCUT2D eigenvalue weighted by molar-refractivity contribution is -0.385. The minimum atomic E-state index is -0.548. The molecule has 0 radical (unpaired) electrons. The van der Waals surface area contributed by atoms with Gasteiger partial charge in [0, 0.05) is 17.3 Å². The Bertz CT molecular complexity index is 1040. The number of phenolic OH excluding ortho intramolecular Hbond substituents is 1. The number of rotatable bonds is 6. The van der Waals surface area contributed by atoms with E-state index in [0.717, 1.165) is 11.8 Å². The number of hydrogen-bond donors (Lipinski definition) is 3. The van der Waals surface area contributed by atoms with Gasteiger partial charge in [0.25, 0.3) is 5.69 Å². The Labute approximate surface area is 164 Å². The van der Waals surface area contributed by atoms with Crippen LogP contribution in [0.4, 0.5) is 11.4 Å². The van der Waals surface area contributed by atoms with Crippen LogP contribution < -0.4 is 5.32 Å². The maximum absolute atomic E-state index is 12.4. The number of nitrogens with zero attached hydrogens (tertiary/aromatic N) is 3. The van der Waals surface area contributed by atoms with Crippen molar-refractivity contribution in [1.82, 2.24) is 15.2 Å². The number of nitrogens with one attached hydrogen (secondary N) is 2. The van der Waals surface area contributed by atoms with E-state index in [4.69, 9.17) is 0 Å². The van der Waals surface area contributed by atoms with Crippen LogP contribution in [-0.4, -0.2) is 36.4 Å². The number of carbonyl (C=O) groups is 1. The van der Waals surface area contributed by atoms with Crippen molar-refractivity contribution < 1.29 is 14.8 Å². The predicted molar refractivity (Wildman–Crippen MR) is 105 cm³/mol. The molecular formula is C18H17N5O4S. The fourth-order valence-corrected chi connectivity index (χ4v) is 3.16. The molecule has 3 rings (SSSR count). The molecule has 0 aliphatic carbocycles. The number of carbonyl (C=O) groups excluding carboxylic acids is 1. The maximum Gasteiger partial charge on any atom is 0.274 e. The van der Waals surface area contributed by atoms with E-state index in [1.54, 1.807) is 50.2 Å². The third kappa shape index (κ3) is 4.29. The number of H-pyrrole nitrogens is 1. The third-order valence-electron chi connectivity index (χ3n) is 3.95. The average Bonchev–Trinajstić information content (AvgIpc) is 3.11. The van der Waals surface area contributed by atoms with Gasteiger partial charge >= 0.3 is 0 Å². The molecule has 1 amide bonds. The molecule has 1 atom stereocenters. The number of nitro benzene ring substituents is 1. The summed E-state index contributed by atoms with van der Waals surface area (Å²) in [5.41, 5.74) is 1.31. The highest BCUT2D eigenvalue weighted by molar-refractivity contribution is 8.00. The van der Waals surface area contributed by atoms with Gasteiger partial charge in [-0.15, -0.1) is 5.10 Å². The number of phenols is 1. The van der Waals surface area contributed by atoms with Crippen molar-refractivity contribution in [2.45, 2.75) is 24.3 Å². The standard InChI is InChI=1S/C18H17N5O4S/c1-10-7-8-12(9-14(10)23(26)27)19-17(25)11(2)28-18-20-16(21-22-18)13-5-3-4-6-15(13)24/h3-9,11,24H,1-2H3,(H,19,25)(H,20,21,22). The molecule has 9 nitrogen and oxygen atoms in total. The second-order valence-electron chi connectivity index (χ2n) is 5.99. The first kappa shape index (κ1) is 19.4. The molecule has 3 N–H and O–H groups in total. The summed E-state index contributed by atoms with van der Waals surface area (Å²) in [5.74, 6) is 0.126. The van der Waals surface area contributed by atoms with E-state index in [9.17, 15) is 20.0 Å². The molecule has 0 aliphatic heterocycles. The summed E-state index contributed by atoms with van der Waals surface area (Å²) < 4.78 is 0. The number of aromatic amines is 1. The molecule has 2 aromatic carbocycles. The van der Waals surface area contributed by atoms with Crippen LogP contribution in [0.15, 0.2) is 47.6 Å². The lowest BCUT2D eigenvalue weighted by Crippen LogP contribution is -2.22. The Morgan fingerprint density at radius 3 is 2.79 bits per heavy atom. The molecule has 28 heavy (non-hydrogen) atoms. The zero-order chi connectivity index (χ0) is 20.3. The summed E-state index contributed by atoms with van der Waals surface area (Å²) in [6, 6.07) is 11.2. The van der Waals surface area contributed by atoms with Crippen molar-refractivity contribution in [3.63, 3.8) is 0 Å². The number of hydrogen-bond acceptors (Lipinski definition) is 7. The minimum absolute atomic E-state index is 0.0561. The number of thioether (sulfide) groups is 1. The van der Waals surface area contributed by atoms with Gasteiger partial charge in [-0.3, -0.25) is 20.0 Å². The largest absolute Gasteiger partial charge is 0.507 e. The van der Waals surface area contributed by atoms with Crippen LogP contribution in [0.5, 0.6) is 5.75 Å². The van der Waals surface area contributed by atoms with Crippen molar-refractivity contribution >= 4 is 29.0 Å². The number of nitro groups is 1. The number of aryl methyl sites for hydroxylation is 1. The highest BCUT2D eigenvalue weighted by Crippen LogP contribution is 2.29. The number of amides is 1. The summed E-state index contributed by atoms with van der Waals surface area (Å²) in [7, 11) is 0. The zero-order valence-corrected chi connectivity index (χ0v) is 15.9. The van der Waals surface area contributed by atoms with E-state index in [1.807, 2.05) is 0 Å². The van der Waals surface area contributed by atoms with E-state index in [0.29, 0.717) is 27.8 Å². The molecule has 1 heterocycles. The first-order chi connectivity index (χ1) is 13.3. The molecule has 1 unspecified atom stereocenters. The maximum atomic E-state index is 12.4. The number of anilines is 1. The second kappa shape index (κ2) is 8.09. The van der Waals surface area contributed by atoms with Gasteiger partial charge in [-0.1, -0.05) is 30.0 Å². The fourth-order valence-electron chi connectivity index (χ4n) is 2.43. The van der Waals surface area contributed by atoms with Gasteiger partial charge in [-0.25, -0.2) is 4.98 Å². The Hall–Kier alpha value is -3.40. The summed E-state index contributed by atoms with van der Waals surface area (Å²) in [6.45, 7) is 3.31. The van der Waals surface area contributed by atoms with Crippen LogP contribution in [0.1, 0.15) is 12.5 Å². The second-order valence-corrected chi connectivity index (χ2v) is 7.30. The Balaban J connectivity index is 1.68. The molecule has 0 fully saturated rings. The quantitative estimate of drug-likeness (QED) is 0.328. The molecule has 3 aromatic rings. The summed E-state index contributed by atoms with van der Waals surface area (Å²) >= 11 is 1.12. The Kier molecular flexibility index (Phi) is 5.59. The normalized spacial score (nSPS) is 11.8. The summed E-state index contributed by atoms with van der Waals surface area (Å²) in [4.78, 5) is 27.2. The van der Waals surface area contributed by atoms with Gasteiger partial charge < -0.3 is 10.4 Å². The van der Waals surface area contributed by atoms with Crippen molar-refractivity contribution in [3.05, 3.63) is 58.1 Å². The van der Waals surface area contributed by atoms with Crippen LogP contribution in [-0.2, 0) is 4.79 Å². The Morgan fingerprint density at radius 2 is 2.07 bits per heavy atom. The van der Waals surface area contributed by atoms with E-state index >= 15 is 0 Å². The topological polar surface area (TPSA) is 134 Å². The van der Waals surface area contributed by atoms with E-state index in [2.05, 4.69) is 20.5 Å². The van der Waals surface area contributed by atoms with Crippen molar-refractivity contribution in [2.24, 2.45) is 0 Å². The fraction of sp³-hybridized carbons (Fsp3) is 0.167. The molecule has 0 aliphatic rings. The van der Waals surface area contributed by atoms with E-state index in [-0.39, 0.29) is 17.3 Å². The van der Waals surface area contributed by atoms with Crippen LogP contribution in [0.2, 0.25) is 0 Å². The first-order valence-corrected chi connectivity index (χ1v) is 9.16. The molecule has 0 saturated heterocycles. The van der Waals surface area contributed by atoms with Crippen LogP contribution >= 0.6 is 11.8 Å². The van der Waals surface area contributed by atoms with Crippen molar-refractivity contribution in [3.8, 4) is 17.1 Å². The van der Waals surface area contributed by atoms with Gasteiger partial charge in [-0.2, -0.15) is 0 Å². The zero-order valence-electron chi connectivity index (χ0n) is 15.0. The minimum Gasteiger partial charge on any atom is -0.507 e. The van der Waals surface area contributed by atoms with Crippen LogP contribution in [0.3, 0.4) is 0 Å². The Morgan fingerprint density at radius 1 is 1.32 bits per heavy atom. The van der Waals surface area contributed by atoms with E-state index < -0.39 is 10.2 Å². The summed E-state index contributed by atoms with van der Waals surface area (Å²) in [5, 5.41) is 30.2. The first-order valence-electron chi connectivity index (χ1n) is 8.28. The summed E-state index contributed by atoms with van der Waals surface area (Å²) in [6.07, 6.45) is 0. The SMILES string of the molecule is Cc1ccc(NC(=O)C(C)Sc2n[nH]c(-c3ccccc3O)n2)cc1[N+](=O)[O-]. The van der Waals surface area contributed by atoms with Gasteiger partial charge in [0.2, 0.25) is 11.1 Å². The number of aromatic nitrogens is 3. The number of para-hydroxylation sites is 1. The van der Waals surface area contributed by atoms with Crippen molar-refractivity contribution in [1.29, 1.82) is 0 Å². The average molecular weight is 399 g/mol. The van der Waals surface area contributed by atoms with Gasteiger partial charge in [-0.05, 0) is 32.0 Å². The molecule has 0 saturated carbocycles. The molecule has 10 heteroatoms. The van der Waals surface area contributed by atoms with Crippen molar-refractivity contribution in [2.75, 3.05) is 5.32 Å². The highest BCUT2D eigenvalue weighted by Gasteiger charge is 2.19.